The molecule has 5 rings (SSSR count). The Morgan fingerprint density at radius 3 is 2.47 bits per heavy atom. The Balaban J connectivity index is 1.43. The van der Waals surface area contributed by atoms with Gasteiger partial charge in [0.1, 0.15) is 30.0 Å². The number of rotatable bonds is 6. The highest BCUT2D eigenvalue weighted by Gasteiger charge is 2.30. The number of aryl methyl sites for hydroxylation is 2. The number of phenolic OH excluding ortho intramolecular Hbond substituents is 1. The third-order valence-electron chi connectivity index (χ3n) is 7.70. The first-order valence-corrected chi connectivity index (χ1v) is 13.1. The number of hydrogen-bond donors (Lipinski definition) is 1. The highest BCUT2D eigenvalue weighted by Crippen LogP contribution is 2.48. The smallest absolute Gasteiger partial charge is 0.150 e. The third-order valence-corrected chi connectivity index (χ3v) is 7.70. The summed E-state index contributed by atoms with van der Waals surface area (Å²) in [5, 5.41) is 10.1. The number of allylic oxidation sites excluding steroid dienone is 1. The monoisotopic (exact) mass is 483 g/mol. The molecule has 1 fully saturated rings. The van der Waals surface area contributed by atoms with E-state index in [0.29, 0.717) is 12.6 Å². The first-order chi connectivity index (χ1) is 17.3. The van der Waals surface area contributed by atoms with Gasteiger partial charge in [-0.15, -0.1) is 0 Å². The molecule has 1 saturated heterocycles. The van der Waals surface area contributed by atoms with Gasteiger partial charge in [-0.25, -0.2) is 0 Å². The van der Waals surface area contributed by atoms with Gasteiger partial charge in [0, 0.05) is 23.7 Å². The number of benzene rings is 3. The molecule has 3 aromatic rings. The van der Waals surface area contributed by atoms with Crippen LogP contribution in [0, 0.1) is 19.8 Å². The molecule has 0 amide bonds. The van der Waals surface area contributed by atoms with Crippen molar-refractivity contribution in [2.45, 2.75) is 53.2 Å². The van der Waals surface area contributed by atoms with E-state index >= 15 is 0 Å². The van der Waals surface area contributed by atoms with Gasteiger partial charge in [-0.05, 0) is 99.2 Å². The van der Waals surface area contributed by atoms with Crippen molar-refractivity contribution in [2.24, 2.45) is 5.92 Å². The molecule has 4 nitrogen and oxygen atoms in total. The Labute approximate surface area is 215 Å². The Morgan fingerprint density at radius 1 is 1.00 bits per heavy atom. The number of phenols is 1. The van der Waals surface area contributed by atoms with Crippen molar-refractivity contribution in [1.82, 2.24) is 4.90 Å². The molecule has 0 bridgehead atoms. The highest BCUT2D eigenvalue weighted by molar-refractivity contribution is 5.96. The molecule has 2 heterocycles. The molecule has 4 heteroatoms. The summed E-state index contributed by atoms with van der Waals surface area (Å²) in [4.78, 5) is 2.52. The minimum absolute atomic E-state index is 0.245. The van der Waals surface area contributed by atoms with Crippen molar-refractivity contribution < 1.29 is 14.6 Å². The molecule has 0 radical (unpaired) electrons. The maximum Gasteiger partial charge on any atom is 0.150 e. The maximum absolute atomic E-state index is 10.1. The lowest BCUT2D eigenvalue weighted by Gasteiger charge is -2.32. The van der Waals surface area contributed by atoms with Gasteiger partial charge < -0.3 is 14.6 Å². The summed E-state index contributed by atoms with van der Waals surface area (Å²) in [6, 6.07) is 20.6. The number of fused-ring (bicyclic) bond motifs is 1. The van der Waals surface area contributed by atoms with Crippen molar-refractivity contribution in [3.05, 3.63) is 88.5 Å². The Bertz CT molecular complexity index is 1280. The van der Waals surface area contributed by atoms with E-state index in [1.54, 1.807) is 12.1 Å². The largest absolute Gasteiger partial charge is 0.508 e. The number of ether oxygens (including phenoxy) is 2. The Kier molecular flexibility index (Phi) is 6.81. The molecule has 0 spiro atoms. The normalized spacial score (nSPS) is 20.7. The average molecular weight is 484 g/mol. The summed E-state index contributed by atoms with van der Waals surface area (Å²) in [5.74, 6) is 2.69. The van der Waals surface area contributed by atoms with Crippen LogP contribution in [0.25, 0.3) is 11.1 Å². The van der Waals surface area contributed by atoms with E-state index in [-0.39, 0.29) is 11.9 Å². The Hall–Kier alpha value is -3.24. The summed E-state index contributed by atoms with van der Waals surface area (Å²) >= 11 is 0. The minimum Gasteiger partial charge on any atom is -0.508 e. The van der Waals surface area contributed by atoms with Crippen LogP contribution in [0.1, 0.15) is 61.1 Å². The van der Waals surface area contributed by atoms with E-state index in [9.17, 15) is 5.11 Å². The summed E-state index contributed by atoms with van der Waals surface area (Å²) in [6.07, 6.45) is 1.03. The zero-order valence-electron chi connectivity index (χ0n) is 22.0. The lowest BCUT2D eigenvalue weighted by Crippen LogP contribution is -2.35. The average Bonchev–Trinajstić information content (AvgIpc) is 3.30. The molecular formula is C32H37NO3. The van der Waals surface area contributed by atoms with Gasteiger partial charge in [0.05, 0.1) is 0 Å². The van der Waals surface area contributed by atoms with Gasteiger partial charge in [-0.1, -0.05) is 42.8 Å². The number of likely N-dealkylation sites (tertiary alicyclic amines) is 1. The molecular weight excluding hydrogens is 446 g/mol. The van der Waals surface area contributed by atoms with Crippen molar-refractivity contribution >= 4 is 11.1 Å². The lowest BCUT2D eigenvalue weighted by molar-refractivity contribution is 0.169. The van der Waals surface area contributed by atoms with Gasteiger partial charge in [-0.2, -0.15) is 0 Å². The number of hydrogen-bond acceptors (Lipinski definition) is 4. The topological polar surface area (TPSA) is 41.9 Å². The minimum atomic E-state index is -0.248. The number of aromatic hydroxyl groups is 1. The molecule has 0 saturated carbocycles. The first-order valence-electron chi connectivity index (χ1n) is 13.1. The van der Waals surface area contributed by atoms with Crippen LogP contribution < -0.4 is 9.47 Å². The molecule has 188 valence electrons. The quantitative estimate of drug-likeness (QED) is 0.403. The van der Waals surface area contributed by atoms with Crippen LogP contribution in [0.15, 0.2) is 60.7 Å². The third kappa shape index (κ3) is 4.87. The fourth-order valence-corrected chi connectivity index (χ4v) is 5.57. The van der Waals surface area contributed by atoms with Crippen LogP contribution in [0.3, 0.4) is 0 Å². The number of nitrogens with zero attached hydrogens (tertiary/aromatic N) is 1. The molecule has 3 aromatic carbocycles. The van der Waals surface area contributed by atoms with Crippen LogP contribution in [0.2, 0.25) is 0 Å². The van der Waals surface area contributed by atoms with Crippen molar-refractivity contribution in [3.63, 3.8) is 0 Å². The van der Waals surface area contributed by atoms with Gasteiger partial charge in [0.25, 0.3) is 0 Å². The summed E-state index contributed by atoms with van der Waals surface area (Å²) in [6.45, 7) is 14.0. The molecule has 0 aliphatic carbocycles. The molecule has 2 aliphatic heterocycles. The van der Waals surface area contributed by atoms with Crippen LogP contribution in [-0.2, 0) is 0 Å². The van der Waals surface area contributed by atoms with Crippen LogP contribution >= 0.6 is 0 Å². The van der Waals surface area contributed by atoms with E-state index in [0.717, 1.165) is 52.8 Å². The highest BCUT2D eigenvalue weighted by atomic mass is 16.5. The van der Waals surface area contributed by atoms with Crippen molar-refractivity contribution in [3.8, 4) is 17.2 Å². The van der Waals surface area contributed by atoms with E-state index in [2.05, 4.69) is 82.0 Å². The predicted molar refractivity (Wildman–Crippen MR) is 147 cm³/mol. The summed E-state index contributed by atoms with van der Waals surface area (Å²) in [5.41, 5.74) is 7.90. The molecule has 1 N–H and O–H groups in total. The second-order valence-corrected chi connectivity index (χ2v) is 10.7. The summed E-state index contributed by atoms with van der Waals surface area (Å²) in [7, 11) is 0. The van der Waals surface area contributed by atoms with Crippen LogP contribution in [0.5, 0.6) is 17.2 Å². The predicted octanol–water partition coefficient (Wildman–Crippen LogP) is 7.18. The van der Waals surface area contributed by atoms with Crippen LogP contribution in [0.4, 0.5) is 0 Å². The molecule has 3 atom stereocenters. The Morgan fingerprint density at radius 2 is 1.78 bits per heavy atom. The van der Waals surface area contributed by atoms with Crippen molar-refractivity contribution in [1.29, 1.82) is 0 Å². The summed E-state index contributed by atoms with van der Waals surface area (Å²) < 4.78 is 12.8. The van der Waals surface area contributed by atoms with E-state index in [1.165, 1.54) is 23.1 Å². The zero-order valence-corrected chi connectivity index (χ0v) is 22.0. The lowest BCUT2D eigenvalue weighted by atomic mass is 9.84. The van der Waals surface area contributed by atoms with Crippen molar-refractivity contribution in [2.75, 3.05) is 19.7 Å². The second-order valence-electron chi connectivity index (χ2n) is 10.7. The van der Waals surface area contributed by atoms with E-state index < -0.39 is 0 Å². The fourth-order valence-electron chi connectivity index (χ4n) is 5.57. The second kappa shape index (κ2) is 10.0. The van der Waals surface area contributed by atoms with Crippen LogP contribution in [-0.4, -0.2) is 35.7 Å². The van der Waals surface area contributed by atoms with E-state index in [4.69, 9.17) is 9.47 Å². The van der Waals surface area contributed by atoms with Gasteiger partial charge >= 0.3 is 0 Å². The van der Waals surface area contributed by atoms with E-state index in [1.807, 2.05) is 6.07 Å². The SMILES string of the molecule is CC1=C(c2ccc(C)cc2C)C(c2ccc(OCC(C)N3CCC(C)C3)cc2)Oc2ccc(O)cc21. The molecule has 0 aromatic heterocycles. The molecule has 3 unspecified atom stereocenters. The molecule has 36 heavy (non-hydrogen) atoms. The molecule has 2 aliphatic rings. The zero-order chi connectivity index (χ0) is 25.4. The van der Waals surface area contributed by atoms with Gasteiger partial charge in [-0.3, -0.25) is 4.90 Å². The standard InChI is InChI=1S/C32H37NO3/c1-20-6-12-28(22(3)16-20)31-24(5)29-17-26(34)9-13-30(29)36-32(31)25-7-10-27(11-8-25)35-19-23(4)33-15-14-21(2)18-33/h6-13,16-17,21,23,32,34H,14-15,18-19H2,1-5H3. The first kappa shape index (κ1) is 24.5. The maximum atomic E-state index is 10.1. The fraction of sp³-hybridized carbons (Fsp3) is 0.375. The van der Waals surface area contributed by atoms with Gasteiger partial charge in [0.15, 0.2) is 0 Å². The van der Waals surface area contributed by atoms with Gasteiger partial charge in [0.2, 0.25) is 0 Å².